The molecule has 1 amide bonds. The summed E-state index contributed by atoms with van der Waals surface area (Å²) in [5.41, 5.74) is -0.307. The van der Waals surface area contributed by atoms with Crippen molar-refractivity contribution >= 4 is 6.09 Å². The number of piperazine rings is 1. The summed E-state index contributed by atoms with van der Waals surface area (Å²) in [7, 11) is 2.15. The summed E-state index contributed by atoms with van der Waals surface area (Å²) >= 11 is 0. The zero-order valence-corrected chi connectivity index (χ0v) is 12.0. The Labute approximate surface area is 109 Å². The molecule has 5 nitrogen and oxygen atoms in total. The van der Waals surface area contributed by atoms with Gasteiger partial charge in [-0.15, -0.1) is 0 Å². The van der Waals surface area contributed by atoms with Gasteiger partial charge in [-0.05, 0) is 34.2 Å². The Morgan fingerprint density at radius 2 is 2.06 bits per heavy atom. The van der Waals surface area contributed by atoms with Gasteiger partial charge in [0, 0.05) is 32.7 Å². The predicted octanol–water partition coefficient (Wildman–Crippen LogP) is 0.901. The van der Waals surface area contributed by atoms with Gasteiger partial charge < -0.3 is 15.0 Å². The smallest absolute Gasteiger partial charge is 0.410 e. The second kappa shape index (κ2) is 4.70. The highest BCUT2D eigenvalue weighted by atomic mass is 16.6. The molecule has 18 heavy (non-hydrogen) atoms. The molecule has 104 valence electrons. The van der Waals surface area contributed by atoms with E-state index in [-0.39, 0.29) is 11.6 Å². The molecule has 0 bridgehead atoms. The summed E-state index contributed by atoms with van der Waals surface area (Å²) in [6, 6.07) is 0. The lowest BCUT2D eigenvalue weighted by Crippen LogP contribution is -2.61. The minimum absolute atomic E-state index is 0.106. The number of carbonyl (C=O) groups excluding carboxylic acids is 1. The molecule has 0 aromatic rings. The van der Waals surface area contributed by atoms with Crippen LogP contribution in [0.15, 0.2) is 0 Å². The fourth-order valence-corrected chi connectivity index (χ4v) is 2.73. The van der Waals surface area contributed by atoms with E-state index in [9.17, 15) is 4.79 Å². The summed E-state index contributed by atoms with van der Waals surface area (Å²) in [5, 5.41) is 3.44. The zero-order valence-electron chi connectivity index (χ0n) is 12.0. The summed E-state index contributed by atoms with van der Waals surface area (Å²) in [6.07, 6.45) is 0.841. The predicted molar refractivity (Wildman–Crippen MR) is 70.7 cm³/mol. The quantitative estimate of drug-likeness (QED) is 0.698. The monoisotopic (exact) mass is 255 g/mol. The maximum absolute atomic E-state index is 12.1. The third kappa shape index (κ3) is 2.78. The molecule has 5 heteroatoms. The highest BCUT2D eigenvalue weighted by Crippen LogP contribution is 2.29. The fraction of sp³-hybridized carbons (Fsp3) is 0.923. The topological polar surface area (TPSA) is 44.8 Å². The maximum atomic E-state index is 12.1. The lowest BCUT2D eigenvalue weighted by molar-refractivity contribution is 0.0236. The molecule has 1 atom stereocenters. The van der Waals surface area contributed by atoms with Crippen LogP contribution in [0.5, 0.6) is 0 Å². The van der Waals surface area contributed by atoms with Crippen LogP contribution in [0.25, 0.3) is 0 Å². The third-order valence-electron chi connectivity index (χ3n) is 3.87. The number of hydrogen-bond donors (Lipinski definition) is 1. The van der Waals surface area contributed by atoms with E-state index < -0.39 is 5.60 Å². The number of hydrogen-bond acceptors (Lipinski definition) is 4. The van der Waals surface area contributed by atoms with Crippen molar-refractivity contribution in [3.05, 3.63) is 0 Å². The first-order chi connectivity index (χ1) is 8.32. The molecule has 2 rings (SSSR count). The van der Waals surface area contributed by atoms with Gasteiger partial charge in [0.25, 0.3) is 0 Å². The number of likely N-dealkylation sites (tertiary alicyclic amines) is 1. The summed E-state index contributed by atoms with van der Waals surface area (Å²) < 4.78 is 5.44. The molecule has 1 N–H and O–H groups in total. The number of likely N-dealkylation sites (N-methyl/N-ethyl adjacent to an activating group) is 1. The van der Waals surface area contributed by atoms with Crippen LogP contribution in [0, 0.1) is 0 Å². The molecule has 2 heterocycles. The van der Waals surface area contributed by atoms with Crippen molar-refractivity contribution in [1.82, 2.24) is 15.1 Å². The summed E-state index contributed by atoms with van der Waals surface area (Å²) in [6.45, 7) is 10.3. The number of carbonyl (C=O) groups is 1. The largest absolute Gasteiger partial charge is 0.444 e. The van der Waals surface area contributed by atoms with Gasteiger partial charge in [0.15, 0.2) is 0 Å². The first kappa shape index (κ1) is 13.6. The lowest BCUT2D eigenvalue weighted by atomic mass is 9.94. The molecule has 0 radical (unpaired) electrons. The Balaban J connectivity index is 1.97. The van der Waals surface area contributed by atoms with Crippen LogP contribution in [0.4, 0.5) is 4.79 Å². The van der Waals surface area contributed by atoms with Gasteiger partial charge in [0.1, 0.15) is 5.60 Å². The first-order valence-corrected chi connectivity index (χ1v) is 6.72. The second-order valence-electron chi connectivity index (χ2n) is 6.47. The molecule has 1 unspecified atom stereocenters. The molecule has 2 aliphatic rings. The minimum atomic E-state index is -0.413. The van der Waals surface area contributed by atoms with Gasteiger partial charge in [-0.2, -0.15) is 0 Å². The molecule has 2 fully saturated rings. The highest BCUT2D eigenvalue weighted by molar-refractivity contribution is 5.68. The average molecular weight is 255 g/mol. The van der Waals surface area contributed by atoms with Gasteiger partial charge in [0.2, 0.25) is 0 Å². The molecule has 0 aliphatic carbocycles. The van der Waals surface area contributed by atoms with E-state index in [4.69, 9.17) is 4.74 Å². The van der Waals surface area contributed by atoms with Crippen LogP contribution >= 0.6 is 0 Å². The first-order valence-electron chi connectivity index (χ1n) is 6.72. The number of amides is 1. The Morgan fingerprint density at radius 3 is 2.67 bits per heavy atom. The molecular formula is C13H25N3O2. The van der Waals surface area contributed by atoms with Crippen LogP contribution in [0.1, 0.15) is 27.2 Å². The number of rotatable bonds is 0. The van der Waals surface area contributed by atoms with Crippen LogP contribution in [-0.4, -0.2) is 66.8 Å². The number of ether oxygens (including phenoxy) is 1. The van der Waals surface area contributed by atoms with Crippen LogP contribution in [-0.2, 0) is 4.74 Å². The van der Waals surface area contributed by atoms with E-state index >= 15 is 0 Å². The van der Waals surface area contributed by atoms with Crippen molar-refractivity contribution in [3.63, 3.8) is 0 Å². The van der Waals surface area contributed by atoms with E-state index in [2.05, 4.69) is 17.3 Å². The fourth-order valence-electron chi connectivity index (χ4n) is 2.73. The Kier molecular flexibility index (Phi) is 3.56. The molecular weight excluding hydrogens is 230 g/mol. The third-order valence-corrected chi connectivity index (χ3v) is 3.87. The van der Waals surface area contributed by atoms with Gasteiger partial charge in [-0.1, -0.05) is 0 Å². The Morgan fingerprint density at radius 1 is 1.33 bits per heavy atom. The maximum Gasteiger partial charge on any atom is 0.410 e. The average Bonchev–Trinajstić information content (AvgIpc) is 2.66. The van der Waals surface area contributed by atoms with E-state index in [1.54, 1.807) is 0 Å². The Hall–Kier alpha value is -0.810. The van der Waals surface area contributed by atoms with Crippen molar-refractivity contribution in [2.45, 2.75) is 38.3 Å². The number of nitrogens with zero attached hydrogens (tertiary/aromatic N) is 2. The Bertz CT molecular complexity index is 327. The van der Waals surface area contributed by atoms with Crippen LogP contribution in [0.3, 0.4) is 0 Å². The molecule has 0 saturated carbocycles. The van der Waals surface area contributed by atoms with E-state index in [0.717, 1.165) is 39.1 Å². The second-order valence-corrected chi connectivity index (χ2v) is 6.47. The van der Waals surface area contributed by atoms with Crippen molar-refractivity contribution in [2.75, 3.05) is 39.8 Å². The van der Waals surface area contributed by atoms with E-state index in [1.807, 2.05) is 25.7 Å². The normalized spacial score (nSPS) is 29.9. The summed E-state index contributed by atoms with van der Waals surface area (Å²) in [4.78, 5) is 16.3. The van der Waals surface area contributed by atoms with Gasteiger partial charge in [-0.25, -0.2) is 4.79 Å². The van der Waals surface area contributed by atoms with E-state index in [0.29, 0.717) is 0 Å². The highest BCUT2D eigenvalue weighted by Gasteiger charge is 2.44. The molecule has 2 aliphatic heterocycles. The zero-order chi connectivity index (χ0) is 13.4. The van der Waals surface area contributed by atoms with Crippen molar-refractivity contribution in [1.29, 1.82) is 0 Å². The lowest BCUT2D eigenvalue weighted by Gasteiger charge is -2.42. The van der Waals surface area contributed by atoms with Crippen molar-refractivity contribution in [3.8, 4) is 0 Å². The molecule has 1 spiro atoms. The van der Waals surface area contributed by atoms with Gasteiger partial charge >= 0.3 is 6.09 Å². The molecule has 0 aromatic carbocycles. The standard InChI is InChI=1S/C13H25N3O2/c1-12(2,3)18-11(17)16-7-5-13(10-16)9-14-6-8-15(13)4/h14H,5-10H2,1-4H3. The van der Waals surface area contributed by atoms with Gasteiger partial charge in [0.05, 0.1) is 5.54 Å². The molecule has 2 saturated heterocycles. The SMILES string of the molecule is CN1CCNCC12CCN(C(=O)OC(C)(C)C)C2. The van der Waals surface area contributed by atoms with E-state index in [1.165, 1.54) is 0 Å². The van der Waals surface area contributed by atoms with Gasteiger partial charge in [-0.3, -0.25) is 4.90 Å². The summed E-state index contributed by atoms with van der Waals surface area (Å²) in [5.74, 6) is 0. The van der Waals surface area contributed by atoms with Crippen molar-refractivity contribution < 1.29 is 9.53 Å². The minimum Gasteiger partial charge on any atom is -0.444 e. The number of nitrogens with one attached hydrogen (secondary N) is 1. The van der Waals surface area contributed by atoms with Crippen LogP contribution in [0.2, 0.25) is 0 Å². The molecule has 0 aromatic heterocycles. The van der Waals surface area contributed by atoms with Crippen LogP contribution < -0.4 is 5.32 Å². The van der Waals surface area contributed by atoms with Crippen molar-refractivity contribution in [2.24, 2.45) is 0 Å².